The molecule has 1 aromatic rings. The molecule has 0 amide bonds. The molecule has 1 aromatic heterocycles. The summed E-state index contributed by atoms with van der Waals surface area (Å²) in [5.74, 6) is 0. The zero-order chi connectivity index (χ0) is 6.69. The lowest BCUT2D eigenvalue weighted by Crippen LogP contribution is -1.67. The van der Waals surface area contributed by atoms with Crippen LogP contribution in [0.1, 0.15) is 4.88 Å². The molecule has 0 aromatic carbocycles. The molecule has 0 aliphatic carbocycles. The van der Waals surface area contributed by atoms with Gasteiger partial charge in [0.25, 0.3) is 0 Å². The maximum atomic E-state index is 12.1. The van der Waals surface area contributed by atoms with Gasteiger partial charge in [-0.2, -0.15) is 4.39 Å². The van der Waals surface area contributed by atoms with Crippen LogP contribution in [0.15, 0.2) is 17.3 Å². The molecule has 1 rings (SSSR count). The second kappa shape index (κ2) is 2.59. The summed E-state index contributed by atoms with van der Waals surface area (Å²) in [5, 5.41) is 10.4. The first-order valence-electron chi connectivity index (χ1n) is 2.25. The third-order valence-corrected chi connectivity index (χ3v) is 1.59. The summed E-state index contributed by atoms with van der Waals surface area (Å²) in [6.45, 7) is 0. The van der Waals surface area contributed by atoms with Gasteiger partial charge in [0.05, 0.1) is 11.1 Å². The van der Waals surface area contributed by atoms with Crippen LogP contribution in [0, 0.1) is 5.13 Å². The van der Waals surface area contributed by atoms with E-state index < -0.39 is 0 Å². The first-order chi connectivity index (χ1) is 4.33. The van der Waals surface area contributed by atoms with Crippen molar-refractivity contribution in [3.05, 3.63) is 22.1 Å². The van der Waals surface area contributed by atoms with Crippen LogP contribution in [-0.4, -0.2) is 11.4 Å². The van der Waals surface area contributed by atoms with Crippen molar-refractivity contribution < 1.29 is 9.60 Å². The Balaban J connectivity index is 2.85. The van der Waals surface area contributed by atoms with Gasteiger partial charge in [0, 0.05) is 0 Å². The average molecular weight is 145 g/mol. The minimum Gasteiger partial charge on any atom is -0.411 e. The van der Waals surface area contributed by atoms with Gasteiger partial charge in [-0.3, -0.25) is 0 Å². The fourth-order valence-corrected chi connectivity index (χ4v) is 1.05. The predicted molar refractivity (Wildman–Crippen MR) is 33.7 cm³/mol. The Morgan fingerprint density at radius 1 is 1.67 bits per heavy atom. The second-order valence-electron chi connectivity index (χ2n) is 1.39. The van der Waals surface area contributed by atoms with E-state index >= 15 is 0 Å². The summed E-state index contributed by atoms with van der Waals surface area (Å²) >= 11 is 0.936. The van der Waals surface area contributed by atoms with Crippen LogP contribution in [0.25, 0.3) is 0 Å². The summed E-state index contributed by atoms with van der Waals surface area (Å²) in [4.78, 5) is 0.606. The zero-order valence-electron chi connectivity index (χ0n) is 4.41. The highest BCUT2D eigenvalue weighted by atomic mass is 32.1. The van der Waals surface area contributed by atoms with Gasteiger partial charge >= 0.3 is 0 Å². The molecule has 0 spiro atoms. The van der Waals surface area contributed by atoms with E-state index in [9.17, 15) is 4.39 Å². The van der Waals surface area contributed by atoms with Crippen molar-refractivity contribution in [2.45, 2.75) is 0 Å². The number of thiophene rings is 1. The molecule has 0 saturated carbocycles. The molecule has 1 N–H and O–H groups in total. The molecule has 0 saturated heterocycles. The van der Waals surface area contributed by atoms with Crippen molar-refractivity contribution in [2.75, 3.05) is 0 Å². The Morgan fingerprint density at radius 2 is 2.44 bits per heavy atom. The molecule has 48 valence electrons. The molecule has 0 radical (unpaired) electrons. The number of halogens is 1. The minimum atomic E-state index is -0.273. The van der Waals surface area contributed by atoms with Gasteiger partial charge < -0.3 is 5.21 Å². The lowest BCUT2D eigenvalue weighted by atomic mass is 10.5. The van der Waals surface area contributed by atoms with Crippen LogP contribution >= 0.6 is 11.3 Å². The Hall–Kier alpha value is -0.900. The maximum Gasteiger partial charge on any atom is 0.177 e. The molecule has 0 bridgehead atoms. The van der Waals surface area contributed by atoms with E-state index in [1.807, 2.05) is 0 Å². The minimum absolute atomic E-state index is 0.273. The van der Waals surface area contributed by atoms with E-state index in [4.69, 9.17) is 5.21 Å². The monoisotopic (exact) mass is 145 g/mol. The van der Waals surface area contributed by atoms with Gasteiger partial charge in [-0.05, 0) is 12.1 Å². The second-order valence-corrected chi connectivity index (χ2v) is 2.45. The lowest BCUT2D eigenvalue weighted by molar-refractivity contribution is 0.322. The highest BCUT2D eigenvalue weighted by Gasteiger charge is 1.93. The largest absolute Gasteiger partial charge is 0.411 e. The van der Waals surface area contributed by atoms with Crippen LogP contribution < -0.4 is 0 Å². The van der Waals surface area contributed by atoms with Gasteiger partial charge in [-0.25, -0.2) is 0 Å². The Bertz CT molecular complexity index is 220. The van der Waals surface area contributed by atoms with E-state index in [2.05, 4.69) is 5.16 Å². The van der Waals surface area contributed by atoms with E-state index in [0.29, 0.717) is 4.88 Å². The molecular formula is C5H4FNOS. The summed E-state index contributed by atoms with van der Waals surface area (Å²) in [5.41, 5.74) is 0. The normalized spacial score (nSPS) is 10.8. The molecule has 9 heavy (non-hydrogen) atoms. The summed E-state index contributed by atoms with van der Waals surface area (Å²) in [6.07, 6.45) is 1.19. The number of oxime groups is 1. The van der Waals surface area contributed by atoms with Gasteiger partial charge in [0.1, 0.15) is 0 Å². The van der Waals surface area contributed by atoms with Crippen molar-refractivity contribution in [3.63, 3.8) is 0 Å². The zero-order valence-corrected chi connectivity index (χ0v) is 5.23. The van der Waals surface area contributed by atoms with Crippen molar-refractivity contribution in [2.24, 2.45) is 5.16 Å². The number of nitrogens with zero attached hydrogens (tertiary/aromatic N) is 1. The molecule has 0 aliphatic heterocycles. The smallest absolute Gasteiger partial charge is 0.177 e. The van der Waals surface area contributed by atoms with Crippen molar-refractivity contribution >= 4 is 17.6 Å². The quantitative estimate of drug-likeness (QED) is 0.364. The standard InChI is InChI=1S/C5H4FNOS/c6-5-2-1-4(9-5)3-7-8/h1-3,8H. The van der Waals surface area contributed by atoms with Crippen molar-refractivity contribution in [1.29, 1.82) is 0 Å². The summed E-state index contributed by atoms with van der Waals surface area (Å²) in [7, 11) is 0. The van der Waals surface area contributed by atoms with Crippen molar-refractivity contribution in [1.82, 2.24) is 0 Å². The first kappa shape index (κ1) is 6.22. The van der Waals surface area contributed by atoms with E-state index in [-0.39, 0.29) is 5.13 Å². The van der Waals surface area contributed by atoms with Gasteiger partial charge in [-0.15, -0.1) is 11.3 Å². The van der Waals surface area contributed by atoms with Crippen LogP contribution in [0.4, 0.5) is 4.39 Å². The topological polar surface area (TPSA) is 32.6 Å². The average Bonchev–Trinajstić information content (AvgIpc) is 2.17. The highest BCUT2D eigenvalue weighted by Crippen LogP contribution is 2.11. The van der Waals surface area contributed by atoms with Gasteiger partial charge in [0.2, 0.25) is 0 Å². The van der Waals surface area contributed by atoms with E-state index in [0.717, 1.165) is 11.3 Å². The Morgan fingerprint density at radius 3 is 2.89 bits per heavy atom. The Kier molecular flexibility index (Phi) is 1.79. The van der Waals surface area contributed by atoms with E-state index in [1.165, 1.54) is 12.3 Å². The molecular weight excluding hydrogens is 141 g/mol. The number of hydrogen-bond acceptors (Lipinski definition) is 3. The molecule has 0 atom stereocenters. The van der Waals surface area contributed by atoms with Gasteiger partial charge in [-0.1, -0.05) is 5.16 Å². The fraction of sp³-hybridized carbons (Fsp3) is 0. The lowest BCUT2D eigenvalue weighted by Gasteiger charge is -1.74. The molecule has 0 unspecified atom stereocenters. The Labute approximate surface area is 55.2 Å². The first-order valence-corrected chi connectivity index (χ1v) is 3.07. The molecule has 4 heteroatoms. The molecule has 1 heterocycles. The van der Waals surface area contributed by atoms with Crippen LogP contribution in [0.5, 0.6) is 0 Å². The predicted octanol–water partition coefficient (Wildman–Crippen LogP) is 1.70. The van der Waals surface area contributed by atoms with E-state index in [1.54, 1.807) is 6.07 Å². The third-order valence-electron chi connectivity index (χ3n) is 0.779. The van der Waals surface area contributed by atoms with Crippen molar-refractivity contribution in [3.8, 4) is 0 Å². The highest BCUT2D eigenvalue weighted by molar-refractivity contribution is 7.12. The van der Waals surface area contributed by atoms with Crippen LogP contribution in [-0.2, 0) is 0 Å². The number of hydrogen-bond donors (Lipinski definition) is 1. The van der Waals surface area contributed by atoms with Crippen LogP contribution in [0.2, 0.25) is 0 Å². The molecule has 0 fully saturated rings. The molecule has 0 aliphatic rings. The third kappa shape index (κ3) is 1.50. The SMILES string of the molecule is ON=Cc1ccc(F)s1. The maximum absolute atomic E-state index is 12.1. The number of rotatable bonds is 1. The molecule has 2 nitrogen and oxygen atoms in total. The fourth-order valence-electron chi connectivity index (χ4n) is 0.455. The summed E-state index contributed by atoms with van der Waals surface area (Å²) < 4.78 is 12.1. The summed E-state index contributed by atoms with van der Waals surface area (Å²) in [6, 6.07) is 2.86. The van der Waals surface area contributed by atoms with Crippen LogP contribution in [0.3, 0.4) is 0 Å². The van der Waals surface area contributed by atoms with Gasteiger partial charge in [0.15, 0.2) is 5.13 Å².